The number of hydrogen-bond acceptors (Lipinski definition) is 5. The number of benzene rings is 1. The second-order valence-corrected chi connectivity index (χ2v) is 6.63. The van der Waals surface area contributed by atoms with E-state index in [4.69, 9.17) is 4.74 Å². The van der Waals surface area contributed by atoms with Gasteiger partial charge in [-0.05, 0) is 44.9 Å². The van der Waals surface area contributed by atoms with Gasteiger partial charge in [-0.2, -0.15) is 5.10 Å². The number of amides is 1. The fourth-order valence-electron chi connectivity index (χ4n) is 3.59. The monoisotopic (exact) mass is 351 g/mol. The van der Waals surface area contributed by atoms with E-state index in [2.05, 4.69) is 20.2 Å². The van der Waals surface area contributed by atoms with Crippen LogP contribution in [0, 0.1) is 13.8 Å². The Balaban J connectivity index is 1.75. The molecule has 7 nitrogen and oxygen atoms in total. The van der Waals surface area contributed by atoms with E-state index in [9.17, 15) is 4.79 Å². The van der Waals surface area contributed by atoms with Gasteiger partial charge in [-0.25, -0.2) is 4.98 Å². The number of pyridine rings is 1. The van der Waals surface area contributed by atoms with Gasteiger partial charge in [-0.1, -0.05) is 0 Å². The Labute approximate surface area is 151 Å². The fraction of sp³-hybridized carbons (Fsp3) is 0.368. The SMILES string of the molecule is COc1ccc2c(C(=O)N3CCCC3c3n[nH]c(C)n3)cc(C)nc2c1. The number of methoxy groups -OCH3 is 1. The molecule has 1 saturated heterocycles. The van der Waals surface area contributed by atoms with E-state index in [0.29, 0.717) is 17.9 Å². The molecule has 0 saturated carbocycles. The average molecular weight is 351 g/mol. The van der Waals surface area contributed by atoms with Crippen molar-refractivity contribution in [3.05, 3.63) is 47.2 Å². The molecule has 0 aliphatic carbocycles. The van der Waals surface area contributed by atoms with E-state index in [-0.39, 0.29) is 11.9 Å². The molecule has 0 spiro atoms. The molecule has 0 radical (unpaired) electrons. The van der Waals surface area contributed by atoms with E-state index in [1.54, 1.807) is 7.11 Å². The van der Waals surface area contributed by atoms with Crippen molar-refractivity contribution in [1.29, 1.82) is 0 Å². The lowest BCUT2D eigenvalue weighted by atomic mass is 10.1. The van der Waals surface area contributed by atoms with Gasteiger partial charge in [0.05, 0.1) is 24.2 Å². The maximum atomic E-state index is 13.4. The van der Waals surface area contributed by atoms with Gasteiger partial charge in [0.15, 0.2) is 5.82 Å². The molecule has 134 valence electrons. The van der Waals surface area contributed by atoms with Crippen LogP contribution in [0.5, 0.6) is 5.75 Å². The molecule has 1 fully saturated rings. The van der Waals surface area contributed by atoms with Gasteiger partial charge in [-0.3, -0.25) is 14.9 Å². The van der Waals surface area contributed by atoms with Gasteiger partial charge in [0.2, 0.25) is 0 Å². The van der Waals surface area contributed by atoms with Crippen molar-refractivity contribution in [2.24, 2.45) is 0 Å². The first kappa shape index (κ1) is 16.5. The number of aryl methyl sites for hydroxylation is 2. The van der Waals surface area contributed by atoms with Crippen LogP contribution in [0.2, 0.25) is 0 Å². The minimum Gasteiger partial charge on any atom is -0.497 e. The van der Waals surface area contributed by atoms with Crippen molar-refractivity contribution in [2.75, 3.05) is 13.7 Å². The quantitative estimate of drug-likeness (QED) is 0.784. The Morgan fingerprint density at radius 3 is 2.85 bits per heavy atom. The normalized spacial score (nSPS) is 17.0. The standard InChI is InChI=1S/C19H21N5O2/c1-11-9-15(14-7-6-13(26-3)10-16(14)20-11)19(25)24-8-4-5-17(24)18-21-12(2)22-23-18/h6-7,9-10,17H,4-5,8H2,1-3H3,(H,21,22,23). The molecule has 0 bridgehead atoms. The van der Waals surface area contributed by atoms with Crippen LogP contribution >= 0.6 is 0 Å². The predicted octanol–water partition coefficient (Wildman–Crippen LogP) is 2.96. The summed E-state index contributed by atoms with van der Waals surface area (Å²) in [6, 6.07) is 7.38. The fourth-order valence-corrected chi connectivity index (χ4v) is 3.59. The molecule has 3 aromatic rings. The Bertz CT molecular complexity index is 981. The number of ether oxygens (including phenoxy) is 1. The molecular formula is C19H21N5O2. The van der Waals surface area contributed by atoms with Gasteiger partial charge in [-0.15, -0.1) is 0 Å². The Hall–Kier alpha value is -2.96. The third kappa shape index (κ3) is 2.79. The minimum atomic E-state index is -0.0887. The highest BCUT2D eigenvalue weighted by Gasteiger charge is 2.34. The molecule has 4 rings (SSSR count). The lowest BCUT2D eigenvalue weighted by Gasteiger charge is -2.23. The van der Waals surface area contributed by atoms with Crippen LogP contribution in [0.25, 0.3) is 10.9 Å². The molecule has 1 aromatic carbocycles. The molecule has 1 aliphatic rings. The van der Waals surface area contributed by atoms with E-state index < -0.39 is 0 Å². The summed E-state index contributed by atoms with van der Waals surface area (Å²) in [6.45, 7) is 4.47. The number of aromatic amines is 1. The summed E-state index contributed by atoms with van der Waals surface area (Å²) < 4.78 is 5.28. The number of rotatable bonds is 3. The zero-order valence-corrected chi connectivity index (χ0v) is 15.1. The molecule has 7 heteroatoms. The van der Waals surface area contributed by atoms with Gasteiger partial charge < -0.3 is 9.64 Å². The average Bonchev–Trinajstić information content (AvgIpc) is 3.28. The summed E-state index contributed by atoms with van der Waals surface area (Å²) in [5.74, 6) is 2.17. The maximum Gasteiger partial charge on any atom is 0.255 e. The van der Waals surface area contributed by atoms with Gasteiger partial charge >= 0.3 is 0 Å². The first-order valence-corrected chi connectivity index (χ1v) is 8.72. The number of H-pyrrole nitrogens is 1. The zero-order chi connectivity index (χ0) is 18.3. The lowest BCUT2D eigenvalue weighted by Crippen LogP contribution is -2.31. The minimum absolute atomic E-state index is 0.00406. The van der Waals surface area contributed by atoms with Gasteiger partial charge in [0.25, 0.3) is 5.91 Å². The van der Waals surface area contributed by atoms with Crippen LogP contribution < -0.4 is 4.74 Å². The summed E-state index contributed by atoms with van der Waals surface area (Å²) in [4.78, 5) is 24.2. The number of carbonyl (C=O) groups excluding carboxylic acids is 1. The Kier molecular flexibility index (Phi) is 4.06. The van der Waals surface area contributed by atoms with E-state index in [0.717, 1.165) is 41.0 Å². The van der Waals surface area contributed by atoms with Crippen LogP contribution in [-0.2, 0) is 0 Å². The molecule has 26 heavy (non-hydrogen) atoms. The van der Waals surface area contributed by atoms with Gasteiger partial charge in [0, 0.05) is 23.7 Å². The number of nitrogens with zero attached hydrogens (tertiary/aromatic N) is 4. The number of carbonyl (C=O) groups is 1. The molecule has 2 aromatic heterocycles. The van der Waals surface area contributed by atoms with Crippen LogP contribution in [-0.4, -0.2) is 44.6 Å². The number of aromatic nitrogens is 4. The maximum absolute atomic E-state index is 13.4. The van der Waals surface area contributed by atoms with Crippen LogP contribution in [0.4, 0.5) is 0 Å². The molecule has 1 N–H and O–H groups in total. The predicted molar refractivity (Wildman–Crippen MR) is 97.2 cm³/mol. The van der Waals surface area contributed by atoms with Gasteiger partial charge in [0.1, 0.15) is 11.6 Å². The highest BCUT2D eigenvalue weighted by atomic mass is 16.5. The van der Waals surface area contributed by atoms with Crippen molar-refractivity contribution >= 4 is 16.8 Å². The van der Waals surface area contributed by atoms with Crippen molar-refractivity contribution in [3.63, 3.8) is 0 Å². The second-order valence-electron chi connectivity index (χ2n) is 6.63. The number of fused-ring (bicyclic) bond motifs is 1. The smallest absolute Gasteiger partial charge is 0.255 e. The molecule has 1 aliphatic heterocycles. The highest BCUT2D eigenvalue weighted by Crippen LogP contribution is 2.33. The summed E-state index contributed by atoms with van der Waals surface area (Å²) >= 11 is 0. The number of likely N-dealkylation sites (tertiary alicyclic amines) is 1. The third-order valence-electron chi connectivity index (χ3n) is 4.80. The van der Waals surface area contributed by atoms with E-state index in [1.807, 2.05) is 43.0 Å². The lowest BCUT2D eigenvalue weighted by molar-refractivity contribution is 0.0732. The highest BCUT2D eigenvalue weighted by molar-refractivity contribution is 6.06. The molecule has 1 amide bonds. The first-order valence-electron chi connectivity index (χ1n) is 8.72. The zero-order valence-electron chi connectivity index (χ0n) is 15.1. The topological polar surface area (TPSA) is 84.0 Å². The number of hydrogen-bond donors (Lipinski definition) is 1. The molecule has 3 heterocycles. The van der Waals surface area contributed by atoms with Crippen LogP contribution in [0.1, 0.15) is 46.6 Å². The molecular weight excluding hydrogens is 330 g/mol. The van der Waals surface area contributed by atoms with Crippen molar-refractivity contribution in [1.82, 2.24) is 25.1 Å². The summed E-state index contributed by atoms with van der Waals surface area (Å²) in [5.41, 5.74) is 2.23. The third-order valence-corrected chi connectivity index (χ3v) is 4.80. The van der Waals surface area contributed by atoms with Crippen LogP contribution in [0.3, 0.4) is 0 Å². The number of nitrogens with one attached hydrogen (secondary N) is 1. The molecule has 1 unspecified atom stereocenters. The summed E-state index contributed by atoms with van der Waals surface area (Å²) in [5, 5.41) is 7.97. The first-order chi connectivity index (χ1) is 12.6. The Morgan fingerprint density at radius 1 is 1.27 bits per heavy atom. The van der Waals surface area contributed by atoms with Crippen LogP contribution in [0.15, 0.2) is 24.3 Å². The summed E-state index contributed by atoms with van der Waals surface area (Å²) in [6.07, 6.45) is 1.82. The van der Waals surface area contributed by atoms with Crippen molar-refractivity contribution in [2.45, 2.75) is 32.7 Å². The van der Waals surface area contributed by atoms with Crippen molar-refractivity contribution < 1.29 is 9.53 Å². The molecule has 1 atom stereocenters. The summed E-state index contributed by atoms with van der Waals surface area (Å²) in [7, 11) is 1.62. The Morgan fingerprint density at radius 2 is 2.12 bits per heavy atom. The van der Waals surface area contributed by atoms with E-state index >= 15 is 0 Å². The van der Waals surface area contributed by atoms with E-state index in [1.165, 1.54) is 0 Å². The van der Waals surface area contributed by atoms with Crippen molar-refractivity contribution in [3.8, 4) is 5.75 Å². The second kappa shape index (κ2) is 6.40. The largest absolute Gasteiger partial charge is 0.497 e.